The Morgan fingerprint density at radius 3 is 2.80 bits per heavy atom. The average molecular weight is 313 g/mol. The van der Waals surface area contributed by atoms with E-state index < -0.39 is 0 Å². The van der Waals surface area contributed by atoms with Crippen molar-refractivity contribution in [2.45, 2.75) is 13.5 Å². The second kappa shape index (κ2) is 6.58. The second-order valence-corrected chi connectivity index (χ2v) is 5.48. The first-order valence-electron chi connectivity index (χ1n) is 5.99. The minimum atomic E-state index is -0.387. The molecule has 0 amide bonds. The van der Waals surface area contributed by atoms with Gasteiger partial charge in [-0.2, -0.15) is 0 Å². The van der Waals surface area contributed by atoms with E-state index in [-0.39, 0.29) is 9.92 Å². The summed E-state index contributed by atoms with van der Waals surface area (Å²) in [5.74, 6) is 0.645. The van der Waals surface area contributed by atoms with Gasteiger partial charge in [-0.3, -0.25) is 10.1 Å². The second-order valence-electron chi connectivity index (χ2n) is 3.93. The molecule has 0 spiro atoms. The SMILES string of the molecule is CCOc1ccc(NCc2ccc([N+](=O)[O-])s2)cc1Cl. The van der Waals surface area contributed by atoms with Gasteiger partial charge in [0.15, 0.2) is 0 Å². The quantitative estimate of drug-likeness (QED) is 0.637. The summed E-state index contributed by atoms with van der Waals surface area (Å²) in [6.45, 7) is 2.97. The summed E-state index contributed by atoms with van der Waals surface area (Å²) in [4.78, 5) is 11.1. The molecule has 0 aliphatic rings. The summed E-state index contributed by atoms with van der Waals surface area (Å²) in [6.07, 6.45) is 0. The highest BCUT2D eigenvalue weighted by molar-refractivity contribution is 7.15. The minimum absolute atomic E-state index is 0.145. The fourth-order valence-electron chi connectivity index (χ4n) is 1.63. The summed E-state index contributed by atoms with van der Waals surface area (Å²) in [7, 11) is 0. The number of hydrogen-bond acceptors (Lipinski definition) is 5. The fraction of sp³-hybridized carbons (Fsp3) is 0.231. The Labute approximate surface area is 125 Å². The van der Waals surface area contributed by atoms with E-state index in [1.165, 1.54) is 6.07 Å². The predicted molar refractivity (Wildman–Crippen MR) is 80.9 cm³/mol. The van der Waals surface area contributed by atoms with Gasteiger partial charge in [0.1, 0.15) is 5.75 Å². The molecular weight excluding hydrogens is 300 g/mol. The summed E-state index contributed by atoms with van der Waals surface area (Å²) in [5, 5.41) is 14.4. The van der Waals surface area contributed by atoms with Crippen molar-refractivity contribution < 1.29 is 9.66 Å². The number of benzene rings is 1. The van der Waals surface area contributed by atoms with Crippen LogP contribution in [-0.2, 0) is 6.54 Å². The number of nitro groups is 1. The predicted octanol–water partition coefficient (Wildman–Crippen LogP) is 4.32. The summed E-state index contributed by atoms with van der Waals surface area (Å²) >= 11 is 7.24. The van der Waals surface area contributed by atoms with Gasteiger partial charge in [-0.25, -0.2) is 0 Å². The van der Waals surface area contributed by atoms with E-state index in [1.54, 1.807) is 18.2 Å². The van der Waals surface area contributed by atoms with Crippen molar-refractivity contribution in [2.75, 3.05) is 11.9 Å². The molecule has 2 rings (SSSR count). The molecule has 1 heterocycles. The molecule has 1 aromatic heterocycles. The van der Waals surface area contributed by atoms with Gasteiger partial charge in [0, 0.05) is 23.2 Å². The van der Waals surface area contributed by atoms with Crippen LogP contribution in [-0.4, -0.2) is 11.5 Å². The van der Waals surface area contributed by atoms with E-state index in [4.69, 9.17) is 16.3 Å². The molecule has 0 saturated carbocycles. The van der Waals surface area contributed by atoms with E-state index in [9.17, 15) is 10.1 Å². The molecule has 0 saturated heterocycles. The lowest BCUT2D eigenvalue weighted by molar-refractivity contribution is -0.380. The van der Waals surface area contributed by atoms with Gasteiger partial charge in [-0.1, -0.05) is 22.9 Å². The zero-order valence-electron chi connectivity index (χ0n) is 10.8. The zero-order chi connectivity index (χ0) is 14.5. The number of nitrogens with zero attached hydrogens (tertiary/aromatic N) is 1. The number of ether oxygens (including phenoxy) is 1. The van der Waals surface area contributed by atoms with Crippen molar-refractivity contribution in [2.24, 2.45) is 0 Å². The van der Waals surface area contributed by atoms with Gasteiger partial charge >= 0.3 is 5.00 Å². The third kappa shape index (κ3) is 3.61. The van der Waals surface area contributed by atoms with Crippen LogP contribution in [0.4, 0.5) is 10.7 Å². The molecule has 106 valence electrons. The molecule has 1 aromatic carbocycles. The molecule has 0 aliphatic heterocycles. The van der Waals surface area contributed by atoms with Crippen molar-refractivity contribution in [3.8, 4) is 5.75 Å². The molecule has 5 nitrogen and oxygen atoms in total. The number of hydrogen-bond donors (Lipinski definition) is 1. The molecule has 0 bridgehead atoms. The lowest BCUT2D eigenvalue weighted by atomic mass is 10.3. The number of thiophene rings is 1. The summed E-state index contributed by atoms with van der Waals surface area (Å²) in [5.41, 5.74) is 0.842. The lowest BCUT2D eigenvalue weighted by Gasteiger charge is -2.09. The molecule has 0 fully saturated rings. The normalized spacial score (nSPS) is 10.3. The van der Waals surface area contributed by atoms with E-state index >= 15 is 0 Å². The highest BCUT2D eigenvalue weighted by Crippen LogP contribution is 2.29. The molecule has 7 heteroatoms. The van der Waals surface area contributed by atoms with Crippen LogP contribution in [0.5, 0.6) is 5.75 Å². The Hall–Kier alpha value is -1.79. The highest BCUT2D eigenvalue weighted by Gasteiger charge is 2.09. The van der Waals surface area contributed by atoms with Crippen LogP contribution >= 0.6 is 22.9 Å². The number of nitrogens with one attached hydrogen (secondary N) is 1. The molecular formula is C13H13ClN2O3S. The van der Waals surface area contributed by atoms with Gasteiger partial charge < -0.3 is 10.1 Å². The van der Waals surface area contributed by atoms with E-state index in [2.05, 4.69) is 5.32 Å². The van der Waals surface area contributed by atoms with Crippen LogP contribution in [0.1, 0.15) is 11.8 Å². The monoisotopic (exact) mass is 312 g/mol. The summed E-state index contributed by atoms with van der Waals surface area (Å²) < 4.78 is 5.35. The Bertz CT molecular complexity index is 615. The Kier molecular flexibility index (Phi) is 4.81. The lowest BCUT2D eigenvalue weighted by Crippen LogP contribution is -1.98. The Morgan fingerprint density at radius 1 is 1.40 bits per heavy atom. The van der Waals surface area contributed by atoms with Gasteiger partial charge in [0.2, 0.25) is 0 Å². The van der Waals surface area contributed by atoms with Crippen LogP contribution in [0, 0.1) is 10.1 Å². The van der Waals surface area contributed by atoms with Crippen LogP contribution in [0.25, 0.3) is 0 Å². The number of anilines is 1. The van der Waals surface area contributed by atoms with E-state index in [1.807, 2.05) is 13.0 Å². The maximum absolute atomic E-state index is 10.6. The van der Waals surface area contributed by atoms with Crippen LogP contribution in [0.3, 0.4) is 0 Å². The van der Waals surface area contributed by atoms with Crippen molar-refractivity contribution in [1.29, 1.82) is 0 Å². The number of rotatable bonds is 6. The first-order chi connectivity index (χ1) is 9.60. The van der Waals surface area contributed by atoms with Gasteiger partial charge in [-0.05, 0) is 31.2 Å². The molecule has 0 radical (unpaired) electrons. The van der Waals surface area contributed by atoms with Crippen LogP contribution in [0.2, 0.25) is 5.02 Å². The molecule has 0 aliphatic carbocycles. The van der Waals surface area contributed by atoms with Crippen molar-refractivity contribution >= 4 is 33.6 Å². The van der Waals surface area contributed by atoms with E-state index in [0.29, 0.717) is 23.9 Å². The van der Waals surface area contributed by atoms with Gasteiger partial charge in [0.25, 0.3) is 0 Å². The fourth-order valence-corrected chi connectivity index (χ4v) is 2.63. The third-order valence-corrected chi connectivity index (χ3v) is 3.86. The van der Waals surface area contributed by atoms with Crippen molar-refractivity contribution in [3.63, 3.8) is 0 Å². The molecule has 20 heavy (non-hydrogen) atoms. The largest absolute Gasteiger partial charge is 0.492 e. The minimum Gasteiger partial charge on any atom is -0.492 e. The topological polar surface area (TPSA) is 64.4 Å². The van der Waals surface area contributed by atoms with Crippen molar-refractivity contribution in [1.82, 2.24) is 0 Å². The Balaban J connectivity index is 1.99. The molecule has 1 N–H and O–H groups in total. The maximum atomic E-state index is 10.6. The average Bonchev–Trinajstić information content (AvgIpc) is 2.88. The van der Waals surface area contributed by atoms with Gasteiger partial charge in [-0.15, -0.1) is 0 Å². The number of halogens is 1. The highest BCUT2D eigenvalue weighted by atomic mass is 35.5. The molecule has 0 unspecified atom stereocenters. The van der Waals surface area contributed by atoms with Gasteiger partial charge in [0.05, 0.1) is 16.6 Å². The first kappa shape index (κ1) is 14.6. The van der Waals surface area contributed by atoms with Crippen LogP contribution in [0.15, 0.2) is 30.3 Å². The third-order valence-electron chi connectivity index (χ3n) is 2.53. The first-order valence-corrected chi connectivity index (χ1v) is 7.19. The molecule has 2 aromatic rings. The summed E-state index contributed by atoms with van der Waals surface area (Å²) in [6, 6.07) is 8.68. The van der Waals surface area contributed by atoms with E-state index in [0.717, 1.165) is 21.9 Å². The zero-order valence-corrected chi connectivity index (χ0v) is 12.3. The maximum Gasteiger partial charge on any atom is 0.324 e. The smallest absolute Gasteiger partial charge is 0.324 e. The Morgan fingerprint density at radius 2 is 2.20 bits per heavy atom. The van der Waals surface area contributed by atoms with Crippen molar-refractivity contribution in [3.05, 3.63) is 50.3 Å². The standard InChI is InChI=1S/C13H13ClN2O3S/c1-2-19-12-5-3-9(7-11(12)14)15-8-10-4-6-13(20-10)16(17)18/h3-7,15H,2,8H2,1H3. The van der Waals surface area contributed by atoms with Crippen LogP contribution < -0.4 is 10.1 Å². The molecule has 0 atom stereocenters.